The first-order valence-corrected chi connectivity index (χ1v) is 9.51. The molecule has 0 radical (unpaired) electrons. The third-order valence-corrected chi connectivity index (χ3v) is 5.45. The van der Waals surface area contributed by atoms with Crippen molar-refractivity contribution >= 4 is 23.2 Å². The third-order valence-electron chi connectivity index (χ3n) is 4.60. The molecular formula is C19H23N3O2S. The number of carbonyl (C=O) groups is 2. The maximum atomic E-state index is 12.7. The third kappa shape index (κ3) is 4.45. The lowest BCUT2D eigenvalue weighted by molar-refractivity contribution is -0.135. The number of pyridine rings is 1. The zero-order valence-corrected chi connectivity index (χ0v) is 15.2. The maximum absolute atomic E-state index is 12.7. The standard InChI is InChI=1S/C19H23N3O2S/c1-21(12-9-16-7-2-3-10-20-16)18(23)15-6-4-11-22(14-15)19(24)17-8-5-13-25-17/h2-3,5,7-8,10,13,15H,4,6,9,11-12,14H2,1H3. The molecule has 1 aliphatic rings. The minimum Gasteiger partial charge on any atom is -0.345 e. The second-order valence-electron chi connectivity index (χ2n) is 6.40. The van der Waals surface area contributed by atoms with E-state index in [0.29, 0.717) is 13.1 Å². The molecule has 25 heavy (non-hydrogen) atoms. The van der Waals surface area contributed by atoms with Crippen LogP contribution in [0.2, 0.25) is 0 Å². The molecule has 2 aromatic heterocycles. The van der Waals surface area contributed by atoms with E-state index in [1.807, 2.05) is 47.7 Å². The van der Waals surface area contributed by atoms with Crippen molar-refractivity contribution in [2.75, 3.05) is 26.7 Å². The van der Waals surface area contributed by atoms with Crippen molar-refractivity contribution in [1.29, 1.82) is 0 Å². The van der Waals surface area contributed by atoms with E-state index in [0.717, 1.165) is 36.4 Å². The Kier molecular flexibility index (Phi) is 5.81. The molecule has 6 heteroatoms. The van der Waals surface area contributed by atoms with Crippen molar-refractivity contribution in [3.63, 3.8) is 0 Å². The molecule has 0 aliphatic carbocycles. The number of aromatic nitrogens is 1. The maximum Gasteiger partial charge on any atom is 0.263 e. The molecule has 0 N–H and O–H groups in total. The Morgan fingerprint density at radius 1 is 1.32 bits per heavy atom. The second kappa shape index (κ2) is 8.25. The number of hydrogen-bond acceptors (Lipinski definition) is 4. The van der Waals surface area contributed by atoms with Gasteiger partial charge in [-0.1, -0.05) is 12.1 Å². The normalized spacial score (nSPS) is 17.3. The molecule has 0 bridgehead atoms. The highest BCUT2D eigenvalue weighted by molar-refractivity contribution is 7.12. The average Bonchev–Trinajstić information content (AvgIpc) is 3.20. The molecule has 132 valence electrons. The topological polar surface area (TPSA) is 53.5 Å². The lowest BCUT2D eigenvalue weighted by Gasteiger charge is -2.33. The number of piperidine rings is 1. The summed E-state index contributed by atoms with van der Waals surface area (Å²) in [5.41, 5.74) is 0.986. The van der Waals surface area contributed by atoms with E-state index in [2.05, 4.69) is 4.98 Å². The van der Waals surface area contributed by atoms with Crippen molar-refractivity contribution < 1.29 is 9.59 Å². The number of rotatable bonds is 5. The number of thiophene rings is 1. The highest BCUT2D eigenvalue weighted by atomic mass is 32.1. The summed E-state index contributed by atoms with van der Waals surface area (Å²) in [7, 11) is 1.84. The van der Waals surface area contributed by atoms with E-state index < -0.39 is 0 Å². The van der Waals surface area contributed by atoms with Crippen LogP contribution in [0.1, 0.15) is 28.2 Å². The van der Waals surface area contributed by atoms with Gasteiger partial charge in [0.1, 0.15) is 0 Å². The summed E-state index contributed by atoms with van der Waals surface area (Å²) in [6.45, 7) is 1.90. The van der Waals surface area contributed by atoms with Crippen LogP contribution in [-0.4, -0.2) is 53.3 Å². The molecule has 1 fully saturated rings. The minimum absolute atomic E-state index is 0.0450. The minimum atomic E-state index is -0.105. The number of likely N-dealkylation sites (tertiary alicyclic amines) is 1. The molecule has 2 aromatic rings. The van der Waals surface area contributed by atoms with E-state index in [4.69, 9.17) is 0 Å². The van der Waals surface area contributed by atoms with E-state index in [1.165, 1.54) is 11.3 Å². The van der Waals surface area contributed by atoms with Gasteiger partial charge in [-0.25, -0.2) is 0 Å². The average molecular weight is 357 g/mol. The van der Waals surface area contributed by atoms with Gasteiger partial charge in [-0.2, -0.15) is 0 Å². The fourth-order valence-corrected chi connectivity index (χ4v) is 3.86. The van der Waals surface area contributed by atoms with E-state index in [-0.39, 0.29) is 17.7 Å². The lowest BCUT2D eigenvalue weighted by Crippen LogP contribution is -2.46. The smallest absolute Gasteiger partial charge is 0.263 e. The summed E-state index contributed by atoms with van der Waals surface area (Å²) in [6.07, 6.45) is 4.24. The summed E-state index contributed by atoms with van der Waals surface area (Å²) < 4.78 is 0. The lowest BCUT2D eigenvalue weighted by atomic mass is 9.96. The van der Waals surface area contributed by atoms with Crippen LogP contribution in [0.25, 0.3) is 0 Å². The molecule has 1 aliphatic heterocycles. The predicted molar refractivity (Wildman–Crippen MR) is 98.5 cm³/mol. The largest absolute Gasteiger partial charge is 0.345 e. The quantitative estimate of drug-likeness (QED) is 0.827. The molecule has 3 heterocycles. The monoisotopic (exact) mass is 357 g/mol. The van der Waals surface area contributed by atoms with Gasteiger partial charge < -0.3 is 9.80 Å². The van der Waals surface area contributed by atoms with Gasteiger partial charge in [0.2, 0.25) is 5.91 Å². The summed E-state index contributed by atoms with van der Waals surface area (Å²) >= 11 is 1.45. The van der Waals surface area contributed by atoms with Crippen LogP contribution in [-0.2, 0) is 11.2 Å². The van der Waals surface area contributed by atoms with Crippen LogP contribution >= 0.6 is 11.3 Å². The zero-order chi connectivity index (χ0) is 17.6. The first kappa shape index (κ1) is 17.6. The second-order valence-corrected chi connectivity index (χ2v) is 7.35. The number of nitrogens with zero attached hydrogens (tertiary/aromatic N) is 3. The van der Waals surface area contributed by atoms with E-state index >= 15 is 0 Å². The Morgan fingerprint density at radius 2 is 2.20 bits per heavy atom. The van der Waals surface area contributed by atoms with Crippen molar-refractivity contribution in [2.45, 2.75) is 19.3 Å². The Hall–Kier alpha value is -2.21. The van der Waals surface area contributed by atoms with Crippen LogP contribution < -0.4 is 0 Å². The van der Waals surface area contributed by atoms with E-state index in [9.17, 15) is 9.59 Å². The molecule has 3 rings (SSSR count). The molecule has 2 amide bonds. The summed E-state index contributed by atoms with van der Waals surface area (Å²) in [6, 6.07) is 9.55. The van der Waals surface area contributed by atoms with Crippen molar-refractivity contribution in [2.24, 2.45) is 5.92 Å². The summed E-state index contributed by atoms with van der Waals surface area (Å²) in [5, 5.41) is 1.91. The van der Waals surface area contributed by atoms with Gasteiger partial charge in [0.15, 0.2) is 0 Å². The number of hydrogen-bond donors (Lipinski definition) is 0. The van der Waals surface area contributed by atoms with Gasteiger partial charge in [-0.05, 0) is 36.4 Å². The molecular weight excluding hydrogens is 334 g/mol. The number of carbonyl (C=O) groups excluding carboxylic acids is 2. The highest BCUT2D eigenvalue weighted by Gasteiger charge is 2.30. The number of likely N-dealkylation sites (N-methyl/N-ethyl adjacent to an activating group) is 1. The van der Waals surface area contributed by atoms with Crippen LogP contribution in [0.5, 0.6) is 0 Å². The molecule has 1 saturated heterocycles. The van der Waals surface area contributed by atoms with Crippen molar-refractivity contribution in [3.8, 4) is 0 Å². The van der Waals surface area contributed by atoms with E-state index in [1.54, 1.807) is 11.1 Å². The van der Waals surface area contributed by atoms with Gasteiger partial charge in [-0.15, -0.1) is 11.3 Å². The Labute approximate surface area is 152 Å². The highest BCUT2D eigenvalue weighted by Crippen LogP contribution is 2.22. The molecule has 5 nitrogen and oxygen atoms in total. The predicted octanol–water partition coefficient (Wildman–Crippen LogP) is 2.70. The van der Waals surface area contributed by atoms with Gasteiger partial charge >= 0.3 is 0 Å². The van der Waals surface area contributed by atoms with Gasteiger partial charge in [0.05, 0.1) is 10.8 Å². The van der Waals surface area contributed by atoms with Gasteiger partial charge in [0, 0.05) is 45.0 Å². The van der Waals surface area contributed by atoms with Crippen molar-refractivity contribution in [3.05, 3.63) is 52.5 Å². The molecule has 1 unspecified atom stereocenters. The van der Waals surface area contributed by atoms with Crippen molar-refractivity contribution in [1.82, 2.24) is 14.8 Å². The molecule has 0 saturated carbocycles. The van der Waals surface area contributed by atoms with Gasteiger partial charge in [-0.3, -0.25) is 14.6 Å². The SMILES string of the molecule is CN(CCc1ccccn1)C(=O)C1CCCN(C(=O)c2cccs2)C1. The van der Waals surface area contributed by atoms with Crippen LogP contribution in [0, 0.1) is 5.92 Å². The molecule has 0 spiro atoms. The summed E-state index contributed by atoms with van der Waals surface area (Å²) in [4.78, 5) is 33.9. The van der Waals surface area contributed by atoms with Crippen LogP contribution in [0.15, 0.2) is 41.9 Å². The molecule has 1 atom stereocenters. The fraction of sp³-hybridized carbons (Fsp3) is 0.421. The Morgan fingerprint density at radius 3 is 2.92 bits per heavy atom. The fourth-order valence-electron chi connectivity index (χ4n) is 3.17. The van der Waals surface area contributed by atoms with Gasteiger partial charge in [0.25, 0.3) is 5.91 Å². The first-order chi connectivity index (χ1) is 12.1. The Balaban J connectivity index is 1.55. The summed E-state index contributed by atoms with van der Waals surface area (Å²) in [5.74, 6) is 0.0645. The number of amides is 2. The zero-order valence-electron chi connectivity index (χ0n) is 14.4. The molecule has 0 aromatic carbocycles. The Bertz CT molecular complexity index is 703. The first-order valence-electron chi connectivity index (χ1n) is 8.63. The van der Waals surface area contributed by atoms with Crippen LogP contribution in [0.3, 0.4) is 0 Å². The van der Waals surface area contributed by atoms with Crippen LogP contribution in [0.4, 0.5) is 0 Å².